The Bertz CT molecular complexity index is 658. The van der Waals surface area contributed by atoms with Crippen LogP contribution in [-0.4, -0.2) is 50.2 Å². The van der Waals surface area contributed by atoms with Crippen LogP contribution in [0.4, 0.5) is 0 Å². The Morgan fingerprint density at radius 1 is 1.08 bits per heavy atom. The molecule has 2 aliphatic rings. The standard InChI is InChI=1S/C17H23N5O2/c1-12-20-16(24-21-12)13-10-18-17(19-11-13)23-15-6-8-22(9-7-15)14-4-2-3-5-14/h10-11,14-15H,2-9H2,1H3. The van der Waals surface area contributed by atoms with Crippen molar-refractivity contribution >= 4 is 0 Å². The fraction of sp³-hybridized carbons (Fsp3) is 0.647. The summed E-state index contributed by atoms with van der Waals surface area (Å²) in [5.74, 6) is 1.03. The van der Waals surface area contributed by atoms with Crippen molar-refractivity contribution in [3.8, 4) is 17.5 Å². The summed E-state index contributed by atoms with van der Waals surface area (Å²) in [7, 11) is 0. The lowest BCUT2D eigenvalue weighted by Gasteiger charge is -2.35. The second kappa shape index (κ2) is 6.84. The minimum atomic E-state index is 0.208. The molecule has 2 fully saturated rings. The fourth-order valence-corrected chi connectivity index (χ4v) is 3.68. The van der Waals surface area contributed by atoms with E-state index in [0.29, 0.717) is 23.3 Å². The van der Waals surface area contributed by atoms with E-state index in [2.05, 4.69) is 25.0 Å². The molecule has 0 amide bonds. The maximum atomic E-state index is 5.95. The number of nitrogens with zero attached hydrogens (tertiary/aromatic N) is 5. The van der Waals surface area contributed by atoms with E-state index in [4.69, 9.17) is 9.26 Å². The van der Waals surface area contributed by atoms with E-state index in [1.807, 2.05) is 0 Å². The zero-order chi connectivity index (χ0) is 16.4. The van der Waals surface area contributed by atoms with Gasteiger partial charge in [-0.05, 0) is 32.6 Å². The van der Waals surface area contributed by atoms with E-state index in [1.165, 1.54) is 25.7 Å². The number of hydrogen-bond acceptors (Lipinski definition) is 7. The van der Waals surface area contributed by atoms with Gasteiger partial charge in [0.2, 0.25) is 0 Å². The highest BCUT2D eigenvalue weighted by molar-refractivity contribution is 5.49. The Kier molecular flexibility index (Phi) is 4.42. The molecule has 7 heteroatoms. The van der Waals surface area contributed by atoms with Crippen LogP contribution >= 0.6 is 0 Å². The normalized spacial score (nSPS) is 20.5. The van der Waals surface area contributed by atoms with E-state index in [1.54, 1.807) is 19.3 Å². The van der Waals surface area contributed by atoms with Gasteiger partial charge in [-0.25, -0.2) is 9.97 Å². The monoisotopic (exact) mass is 329 g/mol. The van der Waals surface area contributed by atoms with Gasteiger partial charge in [0.1, 0.15) is 6.10 Å². The minimum Gasteiger partial charge on any atom is -0.460 e. The Morgan fingerprint density at radius 3 is 2.42 bits per heavy atom. The molecule has 3 heterocycles. The topological polar surface area (TPSA) is 77.2 Å². The van der Waals surface area contributed by atoms with E-state index < -0.39 is 0 Å². The molecule has 24 heavy (non-hydrogen) atoms. The quantitative estimate of drug-likeness (QED) is 0.853. The molecule has 128 valence electrons. The predicted octanol–water partition coefficient (Wildman–Crippen LogP) is 2.62. The van der Waals surface area contributed by atoms with Crippen LogP contribution in [0.1, 0.15) is 44.3 Å². The van der Waals surface area contributed by atoms with Crippen LogP contribution in [0.5, 0.6) is 6.01 Å². The summed E-state index contributed by atoms with van der Waals surface area (Å²) in [4.78, 5) is 15.4. The zero-order valence-corrected chi connectivity index (χ0v) is 14.0. The predicted molar refractivity (Wildman–Crippen MR) is 87.5 cm³/mol. The Morgan fingerprint density at radius 2 is 1.79 bits per heavy atom. The molecule has 1 aliphatic carbocycles. The number of rotatable bonds is 4. The maximum Gasteiger partial charge on any atom is 0.316 e. The highest BCUT2D eigenvalue weighted by Crippen LogP contribution is 2.27. The molecule has 0 radical (unpaired) electrons. The van der Waals surface area contributed by atoms with Crippen molar-refractivity contribution in [1.82, 2.24) is 25.0 Å². The summed E-state index contributed by atoms with van der Waals surface area (Å²) in [6.45, 7) is 4.02. The minimum absolute atomic E-state index is 0.208. The van der Waals surface area contributed by atoms with Gasteiger partial charge in [-0.1, -0.05) is 18.0 Å². The first kappa shape index (κ1) is 15.5. The summed E-state index contributed by atoms with van der Waals surface area (Å²) in [6, 6.07) is 1.23. The van der Waals surface area contributed by atoms with Crippen molar-refractivity contribution in [3.05, 3.63) is 18.2 Å². The van der Waals surface area contributed by atoms with Crippen LogP contribution in [0.2, 0.25) is 0 Å². The average Bonchev–Trinajstić information content (AvgIpc) is 3.28. The Hall–Kier alpha value is -2.02. The first-order chi connectivity index (χ1) is 11.8. The summed E-state index contributed by atoms with van der Waals surface area (Å²) in [5, 5.41) is 3.77. The molecular formula is C17H23N5O2. The number of aryl methyl sites for hydroxylation is 1. The molecule has 0 aromatic carbocycles. The smallest absolute Gasteiger partial charge is 0.316 e. The van der Waals surface area contributed by atoms with E-state index in [9.17, 15) is 0 Å². The van der Waals surface area contributed by atoms with Crippen molar-refractivity contribution < 1.29 is 9.26 Å². The lowest BCUT2D eigenvalue weighted by atomic mass is 10.0. The molecule has 7 nitrogen and oxygen atoms in total. The number of hydrogen-bond donors (Lipinski definition) is 0. The van der Waals surface area contributed by atoms with Crippen molar-refractivity contribution in [1.29, 1.82) is 0 Å². The van der Waals surface area contributed by atoms with Gasteiger partial charge in [-0.2, -0.15) is 4.98 Å². The van der Waals surface area contributed by atoms with Gasteiger partial charge in [-0.15, -0.1) is 0 Å². The van der Waals surface area contributed by atoms with Gasteiger partial charge in [0.15, 0.2) is 5.82 Å². The van der Waals surface area contributed by atoms with Gasteiger partial charge in [-0.3, -0.25) is 0 Å². The molecule has 1 aliphatic heterocycles. The molecule has 0 unspecified atom stereocenters. The highest BCUT2D eigenvalue weighted by atomic mass is 16.5. The van der Waals surface area contributed by atoms with Crippen LogP contribution in [0.15, 0.2) is 16.9 Å². The average molecular weight is 329 g/mol. The number of piperidine rings is 1. The van der Waals surface area contributed by atoms with Gasteiger partial charge < -0.3 is 14.2 Å². The van der Waals surface area contributed by atoms with Crippen molar-refractivity contribution in [2.75, 3.05) is 13.1 Å². The van der Waals surface area contributed by atoms with Crippen LogP contribution in [-0.2, 0) is 0 Å². The molecule has 0 spiro atoms. The van der Waals surface area contributed by atoms with Crippen LogP contribution in [0.25, 0.3) is 11.5 Å². The second-order valence-electron chi connectivity index (χ2n) is 6.69. The SMILES string of the molecule is Cc1noc(-c2cnc(OC3CCN(C4CCCC4)CC3)nc2)n1. The number of likely N-dealkylation sites (tertiary alicyclic amines) is 1. The van der Waals surface area contributed by atoms with E-state index in [-0.39, 0.29) is 6.10 Å². The molecule has 2 aromatic rings. The fourth-order valence-electron chi connectivity index (χ4n) is 3.68. The largest absolute Gasteiger partial charge is 0.460 e. The van der Waals surface area contributed by atoms with Crippen LogP contribution in [0.3, 0.4) is 0 Å². The van der Waals surface area contributed by atoms with Crippen LogP contribution in [0, 0.1) is 6.92 Å². The third-order valence-corrected chi connectivity index (χ3v) is 4.99. The van der Waals surface area contributed by atoms with Gasteiger partial charge in [0, 0.05) is 31.5 Å². The molecule has 1 saturated heterocycles. The molecule has 1 saturated carbocycles. The van der Waals surface area contributed by atoms with Crippen LogP contribution < -0.4 is 4.74 Å². The number of ether oxygens (including phenoxy) is 1. The zero-order valence-electron chi connectivity index (χ0n) is 14.0. The molecule has 0 bridgehead atoms. The van der Waals surface area contributed by atoms with Crippen molar-refractivity contribution in [2.24, 2.45) is 0 Å². The first-order valence-electron chi connectivity index (χ1n) is 8.81. The maximum absolute atomic E-state index is 5.95. The lowest BCUT2D eigenvalue weighted by molar-refractivity contribution is 0.0710. The molecule has 4 rings (SSSR count). The summed E-state index contributed by atoms with van der Waals surface area (Å²) < 4.78 is 11.1. The summed E-state index contributed by atoms with van der Waals surface area (Å²) >= 11 is 0. The summed E-state index contributed by atoms with van der Waals surface area (Å²) in [6.07, 6.45) is 11.2. The molecule has 2 aromatic heterocycles. The van der Waals surface area contributed by atoms with E-state index >= 15 is 0 Å². The van der Waals surface area contributed by atoms with Gasteiger partial charge in [0.05, 0.1) is 5.56 Å². The second-order valence-corrected chi connectivity index (χ2v) is 6.69. The first-order valence-corrected chi connectivity index (χ1v) is 8.81. The van der Waals surface area contributed by atoms with E-state index in [0.717, 1.165) is 32.0 Å². The third-order valence-electron chi connectivity index (χ3n) is 4.99. The van der Waals surface area contributed by atoms with Crippen molar-refractivity contribution in [2.45, 2.75) is 57.6 Å². The van der Waals surface area contributed by atoms with Crippen molar-refractivity contribution in [3.63, 3.8) is 0 Å². The molecule has 0 atom stereocenters. The molecule has 0 N–H and O–H groups in total. The Balaban J connectivity index is 1.31. The highest BCUT2D eigenvalue weighted by Gasteiger charge is 2.28. The third kappa shape index (κ3) is 3.40. The molecular weight excluding hydrogens is 306 g/mol. The Labute approximate surface area is 141 Å². The van der Waals surface area contributed by atoms with Gasteiger partial charge in [0.25, 0.3) is 5.89 Å². The van der Waals surface area contributed by atoms with Gasteiger partial charge >= 0.3 is 6.01 Å². The lowest BCUT2D eigenvalue weighted by Crippen LogP contribution is -2.43. The summed E-state index contributed by atoms with van der Waals surface area (Å²) in [5.41, 5.74) is 0.707. The number of aromatic nitrogens is 4.